The molecule has 2 aliphatic rings. The summed E-state index contributed by atoms with van der Waals surface area (Å²) in [5.41, 5.74) is 2.55. The maximum absolute atomic E-state index is 10.0. The second-order valence-corrected chi connectivity index (χ2v) is 6.39. The quantitative estimate of drug-likeness (QED) is 0.834. The summed E-state index contributed by atoms with van der Waals surface area (Å²) in [5.74, 6) is 2.24. The highest BCUT2D eigenvalue weighted by atomic mass is 16.5. The van der Waals surface area contributed by atoms with Crippen molar-refractivity contribution in [2.75, 3.05) is 27.9 Å². The van der Waals surface area contributed by atoms with Crippen molar-refractivity contribution in [1.29, 1.82) is 0 Å². The summed E-state index contributed by atoms with van der Waals surface area (Å²) in [6.45, 7) is 0.974. The summed E-state index contributed by atoms with van der Waals surface area (Å²) in [4.78, 5) is 1.33. The van der Waals surface area contributed by atoms with Crippen molar-refractivity contribution in [3.8, 4) is 23.0 Å². The molecule has 0 aromatic heterocycles. The summed E-state index contributed by atoms with van der Waals surface area (Å²) in [7, 11) is 4.92. The Hall–Kier alpha value is -2.66. The highest BCUT2D eigenvalue weighted by Gasteiger charge is 2.32. The van der Waals surface area contributed by atoms with E-state index in [9.17, 15) is 5.11 Å². The number of quaternary nitrogens is 1. The van der Waals surface area contributed by atoms with Gasteiger partial charge in [0.1, 0.15) is 12.2 Å². The Morgan fingerprint density at radius 3 is 2.52 bits per heavy atom. The van der Waals surface area contributed by atoms with E-state index in [1.54, 1.807) is 27.4 Å². The molecule has 130 valence electrons. The number of phenolic OH excluding ortho intramolecular Hbond substituents is 1. The summed E-state index contributed by atoms with van der Waals surface area (Å²) in [6.07, 6.45) is 5.37. The maximum atomic E-state index is 10.0. The average Bonchev–Trinajstić information content (AvgIpc) is 2.65. The van der Waals surface area contributed by atoms with Gasteiger partial charge in [0, 0.05) is 12.0 Å². The highest BCUT2D eigenvalue weighted by molar-refractivity contribution is 5.55. The first-order valence-electron chi connectivity index (χ1n) is 8.36. The van der Waals surface area contributed by atoms with Crippen LogP contribution in [0.1, 0.15) is 17.2 Å². The molecule has 2 N–H and O–H groups in total. The zero-order valence-electron chi connectivity index (χ0n) is 14.6. The second-order valence-electron chi connectivity index (χ2n) is 6.39. The Morgan fingerprint density at radius 2 is 1.80 bits per heavy atom. The fraction of sp³-hybridized carbons (Fsp3) is 0.300. The van der Waals surface area contributed by atoms with Gasteiger partial charge in [-0.3, -0.25) is 4.90 Å². The molecular weight excluding hydrogens is 318 g/mol. The van der Waals surface area contributed by atoms with Crippen molar-refractivity contribution in [1.82, 2.24) is 0 Å². The van der Waals surface area contributed by atoms with E-state index in [0.29, 0.717) is 5.75 Å². The summed E-state index contributed by atoms with van der Waals surface area (Å²) in [6, 6.07) is 8.02. The van der Waals surface area contributed by atoms with Crippen LogP contribution in [0, 0.1) is 0 Å². The average molecular weight is 340 g/mol. The number of aromatic hydroxyl groups is 1. The first-order chi connectivity index (χ1) is 12.2. The molecule has 0 amide bonds. The van der Waals surface area contributed by atoms with Gasteiger partial charge in [0.15, 0.2) is 23.0 Å². The van der Waals surface area contributed by atoms with Crippen LogP contribution in [0.4, 0.5) is 0 Å². The van der Waals surface area contributed by atoms with E-state index in [1.165, 1.54) is 16.0 Å². The number of fused-ring (bicyclic) bond motifs is 4. The SMILES string of the molecule is COc1cc2c(cc1OC)C1C=c3ccc(O)c(OC)c3=C[NH+]1CC2. The number of methoxy groups -OCH3 is 3. The van der Waals surface area contributed by atoms with Crippen LogP contribution in [-0.4, -0.2) is 33.0 Å². The zero-order valence-corrected chi connectivity index (χ0v) is 14.6. The molecule has 0 fully saturated rings. The molecular formula is C20H22NO4+. The number of nitrogens with one attached hydrogen (secondary N) is 1. The van der Waals surface area contributed by atoms with Gasteiger partial charge in [-0.05, 0) is 35.1 Å². The molecule has 0 bridgehead atoms. The number of phenols is 1. The van der Waals surface area contributed by atoms with Crippen LogP contribution < -0.4 is 29.5 Å². The van der Waals surface area contributed by atoms with E-state index >= 15 is 0 Å². The molecule has 2 unspecified atom stereocenters. The van der Waals surface area contributed by atoms with E-state index in [4.69, 9.17) is 14.2 Å². The fourth-order valence-corrected chi connectivity index (χ4v) is 3.91. The van der Waals surface area contributed by atoms with Gasteiger partial charge in [-0.1, -0.05) is 6.07 Å². The Morgan fingerprint density at radius 1 is 1.04 bits per heavy atom. The molecule has 0 spiro atoms. The van der Waals surface area contributed by atoms with Gasteiger partial charge in [0.25, 0.3) is 0 Å². The molecule has 0 radical (unpaired) electrons. The monoisotopic (exact) mass is 340 g/mol. The molecule has 2 aliphatic heterocycles. The van der Waals surface area contributed by atoms with E-state index < -0.39 is 0 Å². The number of hydrogen-bond donors (Lipinski definition) is 2. The molecule has 2 heterocycles. The number of ether oxygens (including phenoxy) is 3. The minimum absolute atomic E-state index is 0.174. The third-order valence-corrected chi connectivity index (χ3v) is 5.15. The molecule has 0 aliphatic carbocycles. The smallest absolute Gasteiger partial charge is 0.173 e. The Bertz CT molecular complexity index is 951. The lowest BCUT2D eigenvalue weighted by atomic mass is 9.90. The van der Waals surface area contributed by atoms with Crippen molar-refractivity contribution in [3.05, 3.63) is 45.8 Å². The maximum Gasteiger partial charge on any atom is 0.173 e. The molecule has 25 heavy (non-hydrogen) atoms. The predicted molar refractivity (Wildman–Crippen MR) is 94.7 cm³/mol. The van der Waals surface area contributed by atoms with Crippen molar-refractivity contribution in [3.63, 3.8) is 0 Å². The molecule has 2 aromatic rings. The van der Waals surface area contributed by atoms with Gasteiger partial charge in [0.05, 0.1) is 33.1 Å². The third-order valence-electron chi connectivity index (χ3n) is 5.15. The Kier molecular flexibility index (Phi) is 3.81. The number of rotatable bonds is 3. The van der Waals surface area contributed by atoms with Gasteiger partial charge >= 0.3 is 0 Å². The third kappa shape index (κ3) is 2.43. The largest absolute Gasteiger partial charge is 0.504 e. The number of hydrogen-bond acceptors (Lipinski definition) is 4. The van der Waals surface area contributed by atoms with E-state index in [2.05, 4.69) is 24.4 Å². The van der Waals surface area contributed by atoms with Crippen molar-refractivity contribution >= 4 is 12.3 Å². The lowest BCUT2D eigenvalue weighted by Crippen LogP contribution is -3.09. The van der Waals surface area contributed by atoms with Crippen molar-refractivity contribution in [2.45, 2.75) is 12.5 Å². The van der Waals surface area contributed by atoms with Crippen LogP contribution in [0.3, 0.4) is 0 Å². The topological polar surface area (TPSA) is 52.4 Å². The normalized spacial score (nSPS) is 20.3. The lowest BCUT2D eigenvalue weighted by Gasteiger charge is -2.32. The van der Waals surface area contributed by atoms with Gasteiger partial charge in [-0.25, -0.2) is 0 Å². The first kappa shape index (κ1) is 15.8. The molecule has 2 atom stereocenters. The van der Waals surface area contributed by atoms with E-state index in [-0.39, 0.29) is 11.8 Å². The summed E-state index contributed by atoms with van der Waals surface area (Å²) < 4.78 is 16.3. The first-order valence-corrected chi connectivity index (χ1v) is 8.36. The van der Waals surface area contributed by atoms with E-state index in [1.807, 2.05) is 6.07 Å². The van der Waals surface area contributed by atoms with Crippen LogP contribution in [0.2, 0.25) is 0 Å². The van der Waals surface area contributed by atoms with E-state index in [0.717, 1.165) is 34.9 Å². The van der Waals surface area contributed by atoms with Gasteiger partial charge in [-0.2, -0.15) is 0 Å². The molecule has 5 heteroatoms. The van der Waals surface area contributed by atoms with Crippen molar-refractivity contribution in [2.24, 2.45) is 0 Å². The predicted octanol–water partition coefficient (Wildman–Crippen LogP) is 0.132. The molecule has 5 nitrogen and oxygen atoms in total. The highest BCUT2D eigenvalue weighted by Crippen LogP contribution is 2.34. The second kappa shape index (κ2) is 6.01. The number of benzene rings is 2. The summed E-state index contributed by atoms with van der Waals surface area (Å²) in [5, 5.41) is 12.1. The van der Waals surface area contributed by atoms with Crippen LogP contribution in [0.25, 0.3) is 12.3 Å². The van der Waals surface area contributed by atoms with Gasteiger partial charge < -0.3 is 19.3 Å². The van der Waals surface area contributed by atoms with Crippen LogP contribution in [0.5, 0.6) is 23.0 Å². The molecule has 4 rings (SSSR count). The fourth-order valence-electron chi connectivity index (χ4n) is 3.91. The van der Waals surface area contributed by atoms with Crippen LogP contribution in [0.15, 0.2) is 24.3 Å². The Balaban J connectivity index is 1.90. The lowest BCUT2D eigenvalue weighted by molar-refractivity contribution is -0.844. The van der Waals surface area contributed by atoms with Gasteiger partial charge in [0.2, 0.25) is 0 Å². The molecule has 0 saturated carbocycles. The zero-order chi connectivity index (χ0) is 17.6. The summed E-state index contributed by atoms with van der Waals surface area (Å²) >= 11 is 0. The molecule has 2 aromatic carbocycles. The van der Waals surface area contributed by atoms with Gasteiger partial charge in [-0.15, -0.1) is 0 Å². The minimum Gasteiger partial charge on any atom is -0.504 e. The van der Waals surface area contributed by atoms with Crippen LogP contribution >= 0.6 is 0 Å². The van der Waals surface area contributed by atoms with Crippen LogP contribution in [-0.2, 0) is 6.42 Å². The standard InChI is InChI=1S/C20H21NO4/c1-23-18-9-13-6-7-21-11-15-12(4-5-17(22)20(15)25-3)8-16(21)14(13)10-19(18)24-2/h4-5,8-11,16,22H,6-7H2,1-3H3/p+1. The van der Waals surface area contributed by atoms with Crippen molar-refractivity contribution < 1.29 is 24.2 Å². The molecule has 0 saturated heterocycles. The Labute approximate surface area is 146 Å². The minimum atomic E-state index is 0.174.